The zero-order chi connectivity index (χ0) is 26.5. The lowest BCUT2D eigenvalue weighted by atomic mass is 9.71. The van der Waals surface area contributed by atoms with E-state index in [0.717, 1.165) is 0 Å². The molecule has 188 valence electrons. The van der Waals surface area contributed by atoms with Crippen LogP contribution in [-0.4, -0.2) is 0 Å². The predicted molar refractivity (Wildman–Crippen MR) is 166 cm³/mol. The Labute approximate surface area is 230 Å². The molecule has 6 aromatic rings. The number of fused-ring (bicyclic) bond motifs is 8. The summed E-state index contributed by atoms with van der Waals surface area (Å²) in [6.45, 7) is 9.52. The second-order valence-electron chi connectivity index (χ2n) is 12.2. The van der Waals surface area contributed by atoms with E-state index in [-0.39, 0.29) is 10.8 Å². The maximum Gasteiger partial charge on any atom is 0.0540 e. The van der Waals surface area contributed by atoms with E-state index >= 15 is 0 Å². The molecule has 0 spiro atoms. The molecule has 0 unspecified atom stereocenters. The molecule has 0 saturated carbocycles. The number of rotatable bonds is 1. The van der Waals surface area contributed by atoms with Crippen molar-refractivity contribution < 1.29 is 0 Å². The van der Waals surface area contributed by atoms with Crippen LogP contribution >= 0.6 is 0 Å². The number of nitrogens with zero attached hydrogens (tertiary/aromatic N) is 1. The van der Waals surface area contributed by atoms with E-state index in [0.29, 0.717) is 0 Å². The average molecular weight is 502 g/mol. The van der Waals surface area contributed by atoms with E-state index in [1.54, 1.807) is 0 Å². The summed E-state index contributed by atoms with van der Waals surface area (Å²) in [5.74, 6) is 0. The molecule has 1 heterocycles. The number of anilines is 3. The molecule has 2 aliphatic rings. The van der Waals surface area contributed by atoms with Gasteiger partial charge < -0.3 is 4.90 Å². The number of para-hydroxylation sites is 1. The van der Waals surface area contributed by atoms with Crippen LogP contribution in [0.3, 0.4) is 0 Å². The molecule has 1 nitrogen and oxygen atoms in total. The molecule has 0 N–H and O–H groups in total. The minimum Gasteiger partial charge on any atom is -0.309 e. The molecule has 1 heteroatoms. The molecule has 39 heavy (non-hydrogen) atoms. The second-order valence-corrected chi connectivity index (χ2v) is 12.2. The molecule has 0 fully saturated rings. The Morgan fingerprint density at radius 3 is 1.95 bits per heavy atom. The Morgan fingerprint density at radius 1 is 0.410 bits per heavy atom. The summed E-state index contributed by atoms with van der Waals surface area (Å²) in [6.07, 6.45) is 0. The van der Waals surface area contributed by atoms with Gasteiger partial charge in [0.25, 0.3) is 0 Å². The first-order valence-corrected chi connectivity index (χ1v) is 14.0. The molecular weight excluding hydrogens is 470 g/mol. The molecule has 0 atom stereocenters. The summed E-state index contributed by atoms with van der Waals surface area (Å²) in [7, 11) is 0. The quantitative estimate of drug-likeness (QED) is 0.203. The van der Waals surface area contributed by atoms with E-state index in [9.17, 15) is 0 Å². The molecule has 0 bridgehead atoms. The first-order chi connectivity index (χ1) is 18.9. The zero-order valence-corrected chi connectivity index (χ0v) is 22.9. The number of hydrogen-bond donors (Lipinski definition) is 0. The molecular formula is C38H31N. The Kier molecular flexibility index (Phi) is 4.41. The van der Waals surface area contributed by atoms with Gasteiger partial charge in [0.2, 0.25) is 0 Å². The van der Waals surface area contributed by atoms with Crippen LogP contribution in [0.1, 0.15) is 49.9 Å². The first-order valence-electron chi connectivity index (χ1n) is 14.0. The molecule has 0 saturated heterocycles. The van der Waals surface area contributed by atoms with Gasteiger partial charge in [-0.15, -0.1) is 0 Å². The van der Waals surface area contributed by atoms with Crippen molar-refractivity contribution in [3.8, 4) is 11.1 Å². The predicted octanol–water partition coefficient (Wildman–Crippen LogP) is 10.4. The van der Waals surface area contributed by atoms with Gasteiger partial charge in [-0.1, -0.05) is 119 Å². The van der Waals surface area contributed by atoms with Crippen LogP contribution in [0.5, 0.6) is 0 Å². The van der Waals surface area contributed by atoms with E-state index in [1.165, 1.54) is 72.0 Å². The van der Waals surface area contributed by atoms with Gasteiger partial charge in [0.05, 0.1) is 17.1 Å². The average Bonchev–Trinajstić information content (AvgIpc) is 3.18. The molecule has 0 aromatic heterocycles. The Morgan fingerprint density at radius 2 is 1.08 bits per heavy atom. The van der Waals surface area contributed by atoms with Crippen molar-refractivity contribution in [3.05, 3.63) is 138 Å². The van der Waals surface area contributed by atoms with Crippen LogP contribution in [0.4, 0.5) is 17.1 Å². The number of hydrogen-bond acceptors (Lipinski definition) is 1. The van der Waals surface area contributed by atoms with Crippen molar-refractivity contribution in [2.75, 3.05) is 4.90 Å². The second kappa shape index (κ2) is 7.61. The Balaban J connectivity index is 1.48. The highest BCUT2D eigenvalue weighted by Crippen LogP contribution is 2.58. The van der Waals surface area contributed by atoms with Gasteiger partial charge in [0.15, 0.2) is 0 Å². The molecule has 6 aromatic carbocycles. The largest absolute Gasteiger partial charge is 0.309 e. The molecule has 0 radical (unpaired) electrons. The van der Waals surface area contributed by atoms with Gasteiger partial charge in [-0.2, -0.15) is 0 Å². The lowest BCUT2D eigenvalue weighted by molar-refractivity contribution is 0.627. The van der Waals surface area contributed by atoms with Crippen LogP contribution in [0, 0.1) is 0 Å². The summed E-state index contributed by atoms with van der Waals surface area (Å²) in [5, 5.41) is 5.15. The smallest absolute Gasteiger partial charge is 0.0540 e. The summed E-state index contributed by atoms with van der Waals surface area (Å²) in [6, 6.07) is 43.0. The SMILES string of the molecule is CC1(C)c2ccccc2-c2cc3c(cc21)N(c1cccc2c1ccc1ccccc12)c1ccccc1C3(C)C. The van der Waals surface area contributed by atoms with Crippen LogP contribution in [0.15, 0.2) is 115 Å². The van der Waals surface area contributed by atoms with E-state index in [4.69, 9.17) is 0 Å². The normalized spacial score (nSPS) is 16.1. The van der Waals surface area contributed by atoms with Crippen LogP contribution in [0.2, 0.25) is 0 Å². The monoisotopic (exact) mass is 501 g/mol. The fraction of sp³-hybridized carbons (Fsp3) is 0.158. The lowest BCUT2D eigenvalue weighted by Crippen LogP contribution is -2.31. The van der Waals surface area contributed by atoms with E-state index in [2.05, 4.69) is 148 Å². The van der Waals surface area contributed by atoms with Crippen molar-refractivity contribution in [2.24, 2.45) is 0 Å². The highest BCUT2D eigenvalue weighted by Gasteiger charge is 2.42. The van der Waals surface area contributed by atoms with Gasteiger partial charge in [0, 0.05) is 16.2 Å². The first kappa shape index (κ1) is 22.6. The molecule has 1 aliphatic carbocycles. The highest BCUT2D eigenvalue weighted by molar-refractivity contribution is 6.13. The van der Waals surface area contributed by atoms with Crippen LogP contribution < -0.4 is 4.90 Å². The van der Waals surface area contributed by atoms with Gasteiger partial charge >= 0.3 is 0 Å². The molecule has 8 rings (SSSR count). The maximum absolute atomic E-state index is 2.53. The number of benzene rings is 6. The lowest BCUT2D eigenvalue weighted by Gasteiger charge is -2.43. The van der Waals surface area contributed by atoms with Crippen molar-refractivity contribution in [1.29, 1.82) is 0 Å². The maximum atomic E-state index is 2.53. The third kappa shape index (κ3) is 2.91. The van der Waals surface area contributed by atoms with Crippen molar-refractivity contribution >= 4 is 38.6 Å². The summed E-state index contributed by atoms with van der Waals surface area (Å²) >= 11 is 0. The van der Waals surface area contributed by atoms with E-state index in [1.807, 2.05) is 0 Å². The summed E-state index contributed by atoms with van der Waals surface area (Å²) in [5.41, 5.74) is 11.9. The molecule has 1 aliphatic heterocycles. The fourth-order valence-corrected chi connectivity index (χ4v) is 7.37. The standard InChI is InChI=1S/C38H31N/c1-37(2)30-16-8-7-14-27(30)29-22-33-36(23-32(29)37)39(35-18-10-9-17-31(35)38(33,3)4)34-19-11-15-26-25-13-6-5-12-24(25)20-21-28(26)34/h5-23H,1-4H3. The zero-order valence-electron chi connectivity index (χ0n) is 22.9. The minimum absolute atomic E-state index is 0.0529. The summed E-state index contributed by atoms with van der Waals surface area (Å²) < 4.78 is 0. The fourth-order valence-electron chi connectivity index (χ4n) is 7.37. The third-order valence-corrected chi connectivity index (χ3v) is 9.44. The minimum atomic E-state index is -0.129. The van der Waals surface area contributed by atoms with Crippen LogP contribution in [0.25, 0.3) is 32.7 Å². The van der Waals surface area contributed by atoms with E-state index < -0.39 is 0 Å². The van der Waals surface area contributed by atoms with Gasteiger partial charge in [-0.3, -0.25) is 0 Å². The van der Waals surface area contributed by atoms with Gasteiger partial charge in [0.1, 0.15) is 0 Å². The molecule has 0 amide bonds. The van der Waals surface area contributed by atoms with Gasteiger partial charge in [-0.25, -0.2) is 0 Å². The van der Waals surface area contributed by atoms with Crippen molar-refractivity contribution in [1.82, 2.24) is 0 Å². The van der Waals surface area contributed by atoms with Crippen LogP contribution in [-0.2, 0) is 10.8 Å². The Bertz CT molecular complexity index is 1970. The Hall–Kier alpha value is -4.36. The third-order valence-electron chi connectivity index (χ3n) is 9.44. The summed E-state index contributed by atoms with van der Waals surface area (Å²) in [4.78, 5) is 2.53. The topological polar surface area (TPSA) is 3.24 Å². The van der Waals surface area contributed by atoms with Crippen molar-refractivity contribution in [3.63, 3.8) is 0 Å². The van der Waals surface area contributed by atoms with Crippen molar-refractivity contribution in [2.45, 2.75) is 38.5 Å². The highest BCUT2D eigenvalue weighted by atomic mass is 15.2. The van der Waals surface area contributed by atoms with Gasteiger partial charge in [-0.05, 0) is 73.8 Å².